The first-order valence-electron chi connectivity index (χ1n) is 5.37. The normalized spacial score (nSPS) is 18.2. The zero-order chi connectivity index (χ0) is 10.1. The van der Waals surface area contributed by atoms with Gasteiger partial charge in [0, 0.05) is 12.0 Å². The van der Waals surface area contributed by atoms with Crippen LogP contribution in [0, 0.1) is 0 Å². The molecular weight excluding hydrogens is 178 g/mol. The molecule has 1 aliphatic rings. The minimum absolute atomic E-state index is 0.0677. The first kappa shape index (κ1) is 9.49. The van der Waals surface area contributed by atoms with Crippen LogP contribution in [0.5, 0.6) is 0 Å². The number of aromatic amines is 1. The molecule has 0 bridgehead atoms. The molecule has 1 heterocycles. The molecule has 1 saturated carbocycles. The molecule has 0 aliphatic heterocycles. The van der Waals surface area contributed by atoms with Crippen molar-refractivity contribution in [2.24, 2.45) is 0 Å². The minimum Gasteiger partial charge on any atom is -0.276 e. The molecule has 1 aromatic heterocycles. The van der Waals surface area contributed by atoms with Crippen molar-refractivity contribution in [2.45, 2.75) is 51.5 Å². The maximum atomic E-state index is 11.5. The highest BCUT2D eigenvalue weighted by Gasteiger charge is 2.24. The van der Waals surface area contributed by atoms with Gasteiger partial charge >= 0.3 is 5.69 Å². The van der Waals surface area contributed by atoms with Gasteiger partial charge in [0.05, 0.1) is 0 Å². The summed E-state index contributed by atoms with van der Waals surface area (Å²) in [5, 5.41) is 6.70. The Labute approximate surface area is 83.3 Å². The Bertz CT molecular complexity index is 358. The Balaban J connectivity index is 2.37. The second-order valence-corrected chi connectivity index (χ2v) is 4.33. The van der Waals surface area contributed by atoms with Crippen molar-refractivity contribution in [3.8, 4) is 0 Å². The van der Waals surface area contributed by atoms with E-state index in [9.17, 15) is 4.79 Å². The van der Waals surface area contributed by atoms with Crippen molar-refractivity contribution in [3.05, 3.63) is 16.3 Å². The molecule has 1 aliphatic carbocycles. The fourth-order valence-electron chi connectivity index (χ4n) is 2.29. The lowest BCUT2D eigenvalue weighted by molar-refractivity contribution is 0.517. The lowest BCUT2D eigenvalue weighted by atomic mass is 10.1. The summed E-state index contributed by atoms with van der Waals surface area (Å²) in [6.07, 6.45) is 4.89. The van der Waals surface area contributed by atoms with E-state index in [-0.39, 0.29) is 11.7 Å². The summed E-state index contributed by atoms with van der Waals surface area (Å²) < 4.78 is 1.79. The average Bonchev–Trinajstić information content (AvgIpc) is 2.70. The highest BCUT2D eigenvalue weighted by atomic mass is 16.1. The van der Waals surface area contributed by atoms with Crippen LogP contribution in [0.15, 0.2) is 4.79 Å². The lowest BCUT2D eigenvalue weighted by Crippen LogP contribution is -2.21. The van der Waals surface area contributed by atoms with Crippen LogP contribution < -0.4 is 5.69 Å². The first-order valence-corrected chi connectivity index (χ1v) is 5.37. The predicted octanol–water partition coefficient (Wildman–Crippen LogP) is 1.81. The summed E-state index contributed by atoms with van der Waals surface area (Å²) in [4.78, 5) is 11.5. The first-order chi connectivity index (χ1) is 6.70. The molecule has 0 radical (unpaired) electrons. The second kappa shape index (κ2) is 3.59. The Morgan fingerprint density at radius 1 is 1.43 bits per heavy atom. The van der Waals surface area contributed by atoms with E-state index in [0.29, 0.717) is 5.92 Å². The van der Waals surface area contributed by atoms with Gasteiger partial charge < -0.3 is 0 Å². The van der Waals surface area contributed by atoms with E-state index in [4.69, 9.17) is 0 Å². The standard InChI is InChI=1S/C10H17N3O/c1-7(2)13-9(11-12-10(13)14)8-5-3-4-6-8/h7-8H,3-6H2,1-2H3,(H,12,14). The number of nitrogens with one attached hydrogen (secondary N) is 1. The predicted molar refractivity (Wildman–Crippen MR) is 54.4 cm³/mol. The summed E-state index contributed by atoms with van der Waals surface area (Å²) >= 11 is 0. The van der Waals surface area contributed by atoms with Crippen LogP contribution >= 0.6 is 0 Å². The molecule has 1 N–H and O–H groups in total. The number of hydrogen-bond donors (Lipinski definition) is 1. The fourth-order valence-corrected chi connectivity index (χ4v) is 2.29. The van der Waals surface area contributed by atoms with Gasteiger partial charge in [0.25, 0.3) is 0 Å². The van der Waals surface area contributed by atoms with Crippen molar-refractivity contribution in [1.82, 2.24) is 14.8 Å². The van der Waals surface area contributed by atoms with Crippen molar-refractivity contribution >= 4 is 0 Å². The third kappa shape index (κ3) is 1.49. The average molecular weight is 195 g/mol. The quantitative estimate of drug-likeness (QED) is 0.782. The number of rotatable bonds is 2. The van der Waals surface area contributed by atoms with Crippen LogP contribution in [-0.4, -0.2) is 14.8 Å². The van der Waals surface area contributed by atoms with Crippen LogP contribution in [0.3, 0.4) is 0 Å². The molecule has 0 spiro atoms. The largest absolute Gasteiger partial charge is 0.343 e. The molecule has 0 unspecified atom stereocenters. The van der Waals surface area contributed by atoms with E-state index in [1.807, 2.05) is 13.8 Å². The van der Waals surface area contributed by atoms with Gasteiger partial charge in [-0.3, -0.25) is 4.57 Å². The van der Waals surface area contributed by atoms with Gasteiger partial charge in [-0.2, -0.15) is 5.10 Å². The smallest absolute Gasteiger partial charge is 0.276 e. The van der Waals surface area contributed by atoms with E-state index in [2.05, 4.69) is 10.2 Å². The summed E-state index contributed by atoms with van der Waals surface area (Å²) in [7, 11) is 0. The Kier molecular flexibility index (Phi) is 2.44. The fraction of sp³-hybridized carbons (Fsp3) is 0.800. The van der Waals surface area contributed by atoms with Gasteiger partial charge in [-0.05, 0) is 26.7 Å². The lowest BCUT2D eigenvalue weighted by Gasteiger charge is -2.13. The van der Waals surface area contributed by atoms with Gasteiger partial charge in [-0.1, -0.05) is 12.8 Å². The molecule has 1 aromatic rings. The minimum atomic E-state index is -0.0677. The zero-order valence-corrected chi connectivity index (χ0v) is 8.79. The molecular formula is C10H17N3O. The highest BCUT2D eigenvalue weighted by Crippen LogP contribution is 2.32. The number of hydrogen-bond acceptors (Lipinski definition) is 2. The van der Waals surface area contributed by atoms with Gasteiger partial charge in [0.1, 0.15) is 5.82 Å². The summed E-state index contributed by atoms with van der Waals surface area (Å²) in [6, 6.07) is 0.205. The van der Waals surface area contributed by atoms with Crippen molar-refractivity contribution in [3.63, 3.8) is 0 Å². The number of aromatic nitrogens is 3. The molecule has 2 rings (SSSR count). The van der Waals surface area contributed by atoms with Crippen LogP contribution in [0.25, 0.3) is 0 Å². The van der Waals surface area contributed by atoms with E-state index in [0.717, 1.165) is 5.82 Å². The van der Waals surface area contributed by atoms with Crippen molar-refractivity contribution < 1.29 is 0 Å². The Morgan fingerprint density at radius 3 is 2.64 bits per heavy atom. The van der Waals surface area contributed by atoms with E-state index in [1.54, 1.807) is 4.57 Å². The van der Waals surface area contributed by atoms with E-state index in [1.165, 1.54) is 25.7 Å². The summed E-state index contributed by atoms with van der Waals surface area (Å²) in [5.41, 5.74) is -0.0677. The second-order valence-electron chi connectivity index (χ2n) is 4.33. The summed E-state index contributed by atoms with van der Waals surface area (Å²) in [5.74, 6) is 1.46. The van der Waals surface area contributed by atoms with Crippen LogP contribution in [0.1, 0.15) is 57.3 Å². The maximum Gasteiger partial charge on any atom is 0.343 e. The third-order valence-corrected chi connectivity index (χ3v) is 2.97. The molecule has 0 aromatic carbocycles. The molecule has 1 fully saturated rings. The van der Waals surface area contributed by atoms with Gasteiger partial charge in [0.2, 0.25) is 0 Å². The molecule has 4 heteroatoms. The zero-order valence-electron chi connectivity index (χ0n) is 8.79. The number of nitrogens with zero attached hydrogens (tertiary/aromatic N) is 2. The Morgan fingerprint density at radius 2 is 2.07 bits per heavy atom. The van der Waals surface area contributed by atoms with Gasteiger partial charge in [-0.15, -0.1) is 0 Å². The maximum absolute atomic E-state index is 11.5. The van der Waals surface area contributed by atoms with Crippen LogP contribution in [0.4, 0.5) is 0 Å². The summed E-state index contributed by atoms with van der Waals surface area (Å²) in [6.45, 7) is 4.05. The van der Waals surface area contributed by atoms with Gasteiger partial charge in [-0.25, -0.2) is 9.89 Å². The molecule has 14 heavy (non-hydrogen) atoms. The molecule has 4 nitrogen and oxygen atoms in total. The SMILES string of the molecule is CC(C)n1c(C2CCCC2)n[nH]c1=O. The monoisotopic (exact) mass is 195 g/mol. The third-order valence-electron chi connectivity index (χ3n) is 2.97. The number of H-pyrrole nitrogens is 1. The van der Waals surface area contributed by atoms with E-state index >= 15 is 0 Å². The van der Waals surface area contributed by atoms with Crippen LogP contribution in [0.2, 0.25) is 0 Å². The Hall–Kier alpha value is -1.06. The van der Waals surface area contributed by atoms with Crippen molar-refractivity contribution in [1.29, 1.82) is 0 Å². The highest BCUT2D eigenvalue weighted by molar-refractivity contribution is 5.00. The molecule has 0 saturated heterocycles. The molecule has 0 amide bonds. The molecule has 78 valence electrons. The molecule has 0 atom stereocenters. The van der Waals surface area contributed by atoms with Crippen molar-refractivity contribution in [2.75, 3.05) is 0 Å². The van der Waals surface area contributed by atoms with Crippen LogP contribution in [-0.2, 0) is 0 Å². The topological polar surface area (TPSA) is 50.7 Å². The van der Waals surface area contributed by atoms with Gasteiger partial charge in [0.15, 0.2) is 0 Å². The van der Waals surface area contributed by atoms with E-state index < -0.39 is 0 Å².